The van der Waals surface area contributed by atoms with Crippen LogP contribution >= 0.6 is 0 Å². The Hall–Kier alpha value is -3.28. The van der Waals surface area contributed by atoms with E-state index in [1.165, 1.54) is 4.90 Å². The van der Waals surface area contributed by atoms with Crippen LogP contribution < -0.4 is 9.47 Å². The number of imide groups is 1. The van der Waals surface area contributed by atoms with Gasteiger partial charge in [-0.2, -0.15) is 26.3 Å². The summed E-state index contributed by atoms with van der Waals surface area (Å²) in [5, 5.41) is 10.2. The monoisotopic (exact) mass is 715 g/mol. The molecule has 1 atom stereocenters. The van der Waals surface area contributed by atoms with Crippen molar-refractivity contribution < 1.29 is 50.5 Å². The van der Waals surface area contributed by atoms with Gasteiger partial charge in [0.2, 0.25) is 11.8 Å². The quantitative estimate of drug-likeness (QED) is 0.0891. The molecule has 2 amide bonds. The summed E-state index contributed by atoms with van der Waals surface area (Å²) in [4.78, 5) is 27.6. The molecule has 1 fully saturated rings. The number of aryl methyl sites for hydroxylation is 2. The number of alkyl halides is 6. The van der Waals surface area contributed by atoms with Crippen molar-refractivity contribution in [3.63, 3.8) is 0 Å². The van der Waals surface area contributed by atoms with Gasteiger partial charge in [-0.1, -0.05) is 64.5 Å². The number of benzene rings is 2. The van der Waals surface area contributed by atoms with Crippen LogP contribution in [0.5, 0.6) is 11.5 Å². The zero-order chi connectivity index (χ0) is 37.3. The Morgan fingerprint density at radius 1 is 0.820 bits per heavy atom. The SMILES string of the molecule is CCCCCCCCc1cc(C(O)(C(F)(F)F)C(F)(F)F)cc(CCC)c1OCCCCN1C(=O)CC(C)(c2ccc(OC(C)C)cc2)C1=O. The van der Waals surface area contributed by atoms with Gasteiger partial charge in [-0.25, -0.2) is 0 Å². The van der Waals surface area contributed by atoms with Crippen molar-refractivity contribution >= 4 is 11.8 Å². The number of carbonyl (C=O) groups excluding carboxylic acids is 2. The Morgan fingerprint density at radius 3 is 1.96 bits per heavy atom. The highest BCUT2D eigenvalue weighted by atomic mass is 19.4. The van der Waals surface area contributed by atoms with Crippen LogP contribution in [0.1, 0.15) is 121 Å². The third-order valence-corrected chi connectivity index (χ3v) is 9.21. The number of hydrogen-bond acceptors (Lipinski definition) is 5. The minimum absolute atomic E-state index is 0.0149. The van der Waals surface area contributed by atoms with Crippen molar-refractivity contribution in [2.24, 2.45) is 0 Å². The average Bonchev–Trinajstić information content (AvgIpc) is 3.25. The zero-order valence-electron chi connectivity index (χ0n) is 29.7. The van der Waals surface area contributed by atoms with Gasteiger partial charge in [0, 0.05) is 18.5 Å². The van der Waals surface area contributed by atoms with Crippen LogP contribution in [0.25, 0.3) is 0 Å². The van der Waals surface area contributed by atoms with Gasteiger partial charge in [-0.15, -0.1) is 0 Å². The minimum Gasteiger partial charge on any atom is -0.493 e. The van der Waals surface area contributed by atoms with Crippen LogP contribution in [0.2, 0.25) is 0 Å². The number of amides is 2. The Balaban J connectivity index is 1.76. The first-order valence-electron chi connectivity index (χ1n) is 17.7. The van der Waals surface area contributed by atoms with E-state index in [4.69, 9.17) is 9.47 Å². The second kappa shape index (κ2) is 17.3. The predicted octanol–water partition coefficient (Wildman–Crippen LogP) is 9.52. The molecule has 2 aromatic rings. The molecular formula is C38H51F6NO5. The molecule has 1 saturated heterocycles. The van der Waals surface area contributed by atoms with Gasteiger partial charge in [0.25, 0.3) is 5.60 Å². The maximum absolute atomic E-state index is 13.9. The van der Waals surface area contributed by atoms with E-state index in [2.05, 4.69) is 6.92 Å². The fourth-order valence-electron chi connectivity index (χ4n) is 6.43. The van der Waals surface area contributed by atoms with Crippen molar-refractivity contribution in [3.8, 4) is 11.5 Å². The smallest absolute Gasteiger partial charge is 0.430 e. The summed E-state index contributed by atoms with van der Waals surface area (Å²) in [6.07, 6.45) is -5.34. The lowest BCUT2D eigenvalue weighted by atomic mass is 9.81. The van der Waals surface area contributed by atoms with Gasteiger partial charge in [0.15, 0.2) is 0 Å². The summed E-state index contributed by atoms with van der Waals surface area (Å²) in [7, 11) is 0. The lowest BCUT2D eigenvalue weighted by Crippen LogP contribution is -2.54. The van der Waals surface area contributed by atoms with Crippen molar-refractivity contribution in [2.45, 2.75) is 141 Å². The van der Waals surface area contributed by atoms with Gasteiger partial charge < -0.3 is 14.6 Å². The summed E-state index contributed by atoms with van der Waals surface area (Å²) in [6, 6.07) is 8.65. The summed E-state index contributed by atoms with van der Waals surface area (Å²) in [5.74, 6) is 0.264. The van der Waals surface area contributed by atoms with Crippen molar-refractivity contribution in [2.75, 3.05) is 13.2 Å². The topological polar surface area (TPSA) is 76.1 Å². The molecule has 0 aromatic heterocycles. The van der Waals surface area contributed by atoms with Crippen molar-refractivity contribution in [1.29, 1.82) is 0 Å². The molecule has 0 saturated carbocycles. The first-order valence-corrected chi connectivity index (χ1v) is 17.7. The first-order chi connectivity index (χ1) is 23.4. The van der Waals surface area contributed by atoms with Crippen LogP contribution in [-0.2, 0) is 33.4 Å². The second-order valence-corrected chi connectivity index (χ2v) is 13.7. The Kier molecular flexibility index (Phi) is 14.2. The van der Waals surface area contributed by atoms with Gasteiger partial charge in [0.05, 0.1) is 18.1 Å². The van der Waals surface area contributed by atoms with Crippen molar-refractivity contribution in [1.82, 2.24) is 4.90 Å². The molecule has 2 aromatic carbocycles. The largest absolute Gasteiger partial charge is 0.493 e. The lowest BCUT2D eigenvalue weighted by Gasteiger charge is -2.33. The molecule has 1 unspecified atom stereocenters. The maximum atomic E-state index is 13.9. The highest BCUT2D eigenvalue weighted by molar-refractivity contribution is 6.08. The molecule has 6 nitrogen and oxygen atoms in total. The van der Waals surface area contributed by atoms with Gasteiger partial charge in [-0.05, 0) is 93.8 Å². The van der Waals surface area contributed by atoms with Crippen molar-refractivity contribution in [3.05, 3.63) is 58.7 Å². The van der Waals surface area contributed by atoms with E-state index in [1.54, 1.807) is 38.1 Å². The average molecular weight is 716 g/mol. The number of unbranched alkanes of at least 4 members (excludes halogenated alkanes) is 6. The number of hydrogen-bond donors (Lipinski definition) is 1. The zero-order valence-corrected chi connectivity index (χ0v) is 29.7. The molecule has 1 heterocycles. The van der Waals surface area contributed by atoms with E-state index >= 15 is 0 Å². The maximum Gasteiger partial charge on any atom is 0.430 e. The third-order valence-electron chi connectivity index (χ3n) is 9.21. The fourth-order valence-corrected chi connectivity index (χ4v) is 6.43. The Labute approximate surface area is 291 Å². The molecule has 1 aliphatic heterocycles. The standard InChI is InChI=1S/C38H51F6NO5/c1-6-8-9-10-11-12-16-28-24-30(36(48,37(39,40)41)38(42,43)44)23-27(15-7-2)33(28)49-22-14-13-21-45-32(46)25-35(5,34(45)47)29-17-19-31(20-18-29)50-26(3)4/h17-20,23-24,26,48H,6-16,21-22,25H2,1-5H3. The van der Waals surface area contributed by atoms with E-state index in [1.807, 2.05) is 13.8 Å². The van der Waals surface area contributed by atoms with Gasteiger partial charge in [0.1, 0.15) is 11.5 Å². The van der Waals surface area contributed by atoms with E-state index in [-0.39, 0.29) is 67.2 Å². The first kappa shape index (κ1) is 41.1. The number of nitrogens with zero attached hydrogens (tertiary/aromatic N) is 1. The molecule has 1 aliphatic rings. The minimum atomic E-state index is -6.00. The molecule has 3 rings (SSSR count). The number of likely N-dealkylation sites (tertiary alicyclic amines) is 1. The summed E-state index contributed by atoms with van der Waals surface area (Å²) in [5.41, 5.74) is -6.30. The van der Waals surface area contributed by atoms with Crippen LogP contribution in [0.3, 0.4) is 0 Å². The molecule has 50 heavy (non-hydrogen) atoms. The summed E-state index contributed by atoms with van der Waals surface area (Å²) >= 11 is 0. The Bertz CT molecular complexity index is 1410. The predicted molar refractivity (Wildman–Crippen MR) is 179 cm³/mol. The molecular weight excluding hydrogens is 664 g/mol. The summed E-state index contributed by atoms with van der Waals surface area (Å²) < 4.78 is 95.0. The highest BCUT2D eigenvalue weighted by Gasteiger charge is 2.71. The van der Waals surface area contributed by atoms with Crippen LogP contribution in [0, 0.1) is 0 Å². The molecule has 12 heteroatoms. The number of aliphatic hydroxyl groups is 1. The number of carbonyl (C=O) groups is 2. The lowest BCUT2D eigenvalue weighted by molar-refractivity contribution is -0.376. The van der Waals surface area contributed by atoms with Crippen LogP contribution in [0.15, 0.2) is 36.4 Å². The fraction of sp³-hybridized carbons (Fsp3) is 0.632. The number of rotatable bonds is 19. The van der Waals surface area contributed by atoms with E-state index in [0.29, 0.717) is 37.0 Å². The molecule has 0 spiro atoms. The van der Waals surface area contributed by atoms with E-state index in [9.17, 15) is 41.0 Å². The molecule has 1 N–H and O–H groups in total. The highest BCUT2D eigenvalue weighted by Crippen LogP contribution is 2.51. The number of halogens is 6. The number of ether oxygens (including phenoxy) is 2. The van der Waals surface area contributed by atoms with Crippen LogP contribution in [0.4, 0.5) is 26.3 Å². The second-order valence-electron chi connectivity index (χ2n) is 13.7. The van der Waals surface area contributed by atoms with Crippen LogP contribution in [-0.4, -0.2) is 53.4 Å². The molecule has 0 aliphatic carbocycles. The molecule has 280 valence electrons. The normalized spacial score (nSPS) is 17.3. The van der Waals surface area contributed by atoms with E-state index < -0.39 is 28.9 Å². The third kappa shape index (κ3) is 9.53. The Morgan fingerprint density at radius 2 is 1.40 bits per heavy atom. The molecule has 0 bridgehead atoms. The van der Waals surface area contributed by atoms with Gasteiger partial charge >= 0.3 is 12.4 Å². The molecule has 0 radical (unpaired) electrons. The summed E-state index contributed by atoms with van der Waals surface area (Å²) in [6.45, 7) is 9.56. The van der Waals surface area contributed by atoms with E-state index in [0.717, 1.165) is 44.2 Å². The van der Waals surface area contributed by atoms with Gasteiger partial charge in [-0.3, -0.25) is 14.5 Å².